The van der Waals surface area contributed by atoms with Gasteiger partial charge in [0.05, 0.1) is 7.11 Å². The van der Waals surface area contributed by atoms with E-state index < -0.39 is 10.0 Å². The normalized spacial score (nSPS) is 12.5. The van der Waals surface area contributed by atoms with E-state index in [0.717, 1.165) is 12.0 Å². The fourth-order valence-corrected chi connectivity index (χ4v) is 3.76. The summed E-state index contributed by atoms with van der Waals surface area (Å²) in [6, 6.07) is 11.5. The van der Waals surface area contributed by atoms with Crippen molar-refractivity contribution in [2.75, 3.05) is 11.8 Å². The molecule has 0 heterocycles. The van der Waals surface area contributed by atoms with Crippen LogP contribution in [0.15, 0.2) is 47.4 Å². The lowest BCUT2D eigenvalue weighted by Crippen LogP contribution is -2.36. The average molecular weight is 405 g/mol. The number of hydrogen-bond donors (Lipinski definition) is 2. The van der Waals surface area contributed by atoms with E-state index in [1.807, 2.05) is 39.8 Å². The second kappa shape index (κ2) is 9.10. The monoisotopic (exact) mass is 404 g/mol. The number of rotatable bonds is 8. The Labute approximate surface area is 167 Å². The van der Waals surface area contributed by atoms with Crippen molar-refractivity contribution >= 4 is 21.6 Å². The van der Waals surface area contributed by atoms with Gasteiger partial charge in [0.2, 0.25) is 0 Å². The first kappa shape index (κ1) is 21.8. The van der Waals surface area contributed by atoms with Gasteiger partial charge in [-0.3, -0.25) is 9.52 Å². The number of ether oxygens (including phenoxy) is 1. The molecule has 7 heteroatoms. The Morgan fingerprint density at radius 1 is 1.07 bits per heavy atom. The average Bonchev–Trinajstić information content (AvgIpc) is 2.67. The molecule has 0 saturated heterocycles. The molecular weight excluding hydrogens is 376 g/mol. The van der Waals surface area contributed by atoms with Crippen molar-refractivity contribution in [3.05, 3.63) is 53.6 Å². The molecule has 1 amide bonds. The molecule has 2 aromatic carbocycles. The van der Waals surface area contributed by atoms with Crippen LogP contribution in [0.1, 0.15) is 43.6 Å². The van der Waals surface area contributed by atoms with Gasteiger partial charge in [0.15, 0.2) is 0 Å². The lowest BCUT2D eigenvalue weighted by Gasteiger charge is -2.18. The van der Waals surface area contributed by atoms with Crippen LogP contribution in [-0.4, -0.2) is 27.5 Å². The number of carbonyl (C=O) groups is 1. The van der Waals surface area contributed by atoms with Gasteiger partial charge in [0, 0.05) is 17.3 Å². The van der Waals surface area contributed by atoms with Crippen LogP contribution in [0.3, 0.4) is 0 Å². The number of nitrogens with one attached hydrogen (secondary N) is 2. The predicted octanol–water partition coefficient (Wildman–Crippen LogP) is 3.83. The second-order valence-corrected chi connectivity index (χ2v) is 8.68. The molecule has 0 aliphatic heterocycles. The van der Waals surface area contributed by atoms with Gasteiger partial charge < -0.3 is 10.1 Å². The number of anilines is 1. The van der Waals surface area contributed by atoms with Crippen LogP contribution < -0.4 is 14.8 Å². The number of amides is 1. The molecule has 0 spiro atoms. The van der Waals surface area contributed by atoms with Crippen LogP contribution in [0, 0.1) is 5.92 Å². The summed E-state index contributed by atoms with van der Waals surface area (Å²) in [5.74, 6) is 0.108. The van der Waals surface area contributed by atoms with E-state index in [2.05, 4.69) is 10.0 Å². The molecular formula is C21H28N2O4S. The first-order chi connectivity index (χ1) is 13.2. The quantitative estimate of drug-likeness (QED) is 0.700. The highest BCUT2D eigenvalue weighted by Gasteiger charge is 2.22. The number of aryl methyl sites for hydroxylation is 1. The van der Waals surface area contributed by atoms with E-state index in [1.54, 1.807) is 18.2 Å². The lowest BCUT2D eigenvalue weighted by molar-refractivity contribution is 0.0930. The van der Waals surface area contributed by atoms with Gasteiger partial charge in [-0.2, -0.15) is 0 Å². The van der Waals surface area contributed by atoms with Crippen molar-refractivity contribution in [1.82, 2.24) is 5.32 Å². The molecule has 2 aromatic rings. The Hall–Kier alpha value is -2.54. The maximum atomic E-state index is 12.9. The molecule has 1 atom stereocenters. The minimum atomic E-state index is -3.93. The van der Waals surface area contributed by atoms with Gasteiger partial charge >= 0.3 is 0 Å². The highest BCUT2D eigenvalue weighted by atomic mass is 32.2. The third-order valence-electron chi connectivity index (χ3n) is 4.69. The summed E-state index contributed by atoms with van der Waals surface area (Å²) in [7, 11) is -2.54. The van der Waals surface area contributed by atoms with Gasteiger partial charge in [-0.25, -0.2) is 8.42 Å². The van der Waals surface area contributed by atoms with Crippen LogP contribution in [0.5, 0.6) is 5.75 Å². The third-order valence-corrected chi connectivity index (χ3v) is 6.09. The van der Waals surface area contributed by atoms with E-state index in [4.69, 9.17) is 4.74 Å². The summed E-state index contributed by atoms with van der Waals surface area (Å²) in [5, 5.41) is 2.88. The van der Waals surface area contributed by atoms with Crippen LogP contribution in [0.2, 0.25) is 0 Å². The third kappa shape index (κ3) is 5.25. The number of sulfonamides is 1. The number of hydrogen-bond acceptors (Lipinski definition) is 4. The van der Waals surface area contributed by atoms with Gasteiger partial charge in [0.1, 0.15) is 10.6 Å². The fourth-order valence-electron chi connectivity index (χ4n) is 2.50. The molecule has 6 nitrogen and oxygen atoms in total. The largest absolute Gasteiger partial charge is 0.495 e. The van der Waals surface area contributed by atoms with Crippen molar-refractivity contribution in [2.45, 2.75) is 45.1 Å². The van der Waals surface area contributed by atoms with Gasteiger partial charge in [-0.05, 0) is 55.2 Å². The second-order valence-electron chi connectivity index (χ2n) is 7.03. The summed E-state index contributed by atoms with van der Waals surface area (Å²) in [6.07, 6.45) is 0.868. The maximum Gasteiger partial charge on any atom is 0.265 e. The van der Waals surface area contributed by atoms with Gasteiger partial charge in [-0.1, -0.05) is 32.9 Å². The highest BCUT2D eigenvalue weighted by Crippen LogP contribution is 2.27. The smallest absolute Gasteiger partial charge is 0.265 e. The topological polar surface area (TPSA) is 84.5 Å². The molecule has 0 unspecified atom stereocenters. The highest BCUT2D eigenvalue weighted by molar-refractivity contribution is 7.92. The number of benzene rings is 2. The fraction of sp³-hybridized carbons (Fsp3) is 0.381. The van der Waals surface area contributed by atoms with Crippen molar-refractivity contribution in [2.24, 2.45) is 5.92 Å². The molecule has 0 saturated carbocycles. The molecule has 2 N–H and O–H groups in total. The van der Waals surface area contributed by atoms with Crippen molar-refractivity contribution < 1.29 is 17.9 Å². The Morgan fingerprint density at radius 3 is 2.25 bits per heavy atom. The van der Waals surface area contributed by atoms with Crippen LogP contribution in [0.4, 0.5) is 5.69 Å². The first-order valence-corrected chi connectivity index (χ1v) is 10.8. The van der Waals surface area contributed by atoms with E-state index in [0.29, 0.717) is 5.69 Å². The van der Waals surface area contributed by atoms with Gasteiger partial charge in [-0.15, -0.1) is 0 Å². The molecule has 0 radical (unpaired) electrons. The molecule has 0 aliphatic carbocycles. The maximum absolute atomic E-state index is 12.9. The summed E-state index contributed by atoms with van der Waals surface area (Å²) < 4.78 is 33.6. The van der Waals surface area contributed by atoms with Crippen molar-refractivity contribution in [1.29, 1.82) is 0 Å². The molecule has 152 valence electrons. The number of methoxy groups -OCH3 is 1. The molecule has 0 bridgehead atoms. The summed E-state index contributed by atoms with van der Waals surface area (Å²) in [5.41, 5.74) is 1.82. The Bertz CT molecular complexity index is 922. The SMILES string of the molecule is CCc1ccc(NS(=O)(=O)c2cc(C(=O)N[C@@H](C)C(C)C)ccc2OC)cc1. The zero-order valence-corrected chi connectivity index (χ0v) is 17.8. The lowest BCUT2D eigenvalue weighted by atomic mass is 10.1. The Morgan fingerprint density at radius 2 is 1.71 bits per heavy atom. The van der Waals surface area contributed by atoms with E-state index >= 15 is 0 Å². The minimum Gasteiger partial charge on any atom is -0.495 e. The molecule has 2 rings (SSSR count). The standard InChI is InChI=1S/C21H28N2O4S/c1-6-16-7-10-18(11-8-16)23-28(25,26)20-13-17(9-12-19(20)27-5)21(24)22-15(4)14(2)3/h7-15,23H,6H2,1-5H3,(H,22,24)/t15-/m0/s1. The summed E-state index contributed by atoms with van der Waals surface area (Å²) in [4.78, 5) is 12.4. The molecule has 0 aromatic heterocycles. The molecule has 0 aliphatic rings. The van der Waals surface area contributed by atoms with Crippen LogP contribution in [0.25, 0.3) is 0 Å². The van der Waals surface area contributed by atoms with Crippen LogP contribution in [-0.2, 0) is 16.4 Å². The zero-order chi connectivity index (χ0) is 20.9. The van der Waals surface area contributed by atoms with Crippen LogP contribution >= 0.6 is 0 Å². The minimum absolute atomic E-state index is 0.0372. The van der Waals surface area contributed by atoms with E-state index in [-0.39, 0.29) is 34.1 Å². The first-order valence-electron chi connectivity index (χ1n) is 9.28. The molecule has 0 fully saturated rings. The van der Waals surface area contributed by atoms with Gasteiger partial charge in [0.25, 0.3) is 15.9 Å². The van der Waals surface area contributed by atoms with Crippen molar-refractivity contribution in [3.8, 4) is 5.75 Å². The Kier molecular flexibility index (Phi) is 7.07. The summed E-state index contributed by atoms with van der Waals surface area (Å²) in [6.45, 7) is 7.94. The summed E-state index contributed by atoms with van der Waals surface area (Å²) >= 11 is 0. The van der Waals surface area contributed by atoms with E-state index in [1.165, 1.54) is 19.2 Å². The molecule has 28 heavy (non-hydrogen) atoms. The van der Waals surface area contributed by atoms with E-state index in [9.17, 15) is 13.2 Å². The van der Waals surface area contributed by atoms with Crippen molar-refractivity contribution in [3.63, 3.8) is 0 Å². The Balaban J connectivity index is 2.34. The zero-order valence-electron chi connectivity index (χ0n) is 16.9. The number of carbonyl (C=O) groups excluding carboxylic acids is 1. The predicted molar refractivity (Wildman–Crippen MR) is 111 cm³/mol.